The third-order valence-electron chi connectivity index (χ3n) is 6.29. The van der Waals surface area contributed by atoms with Gasteiger partial charge >= 0.3 is 0 Å². The van der Waals surface area contributed by atoms with Gasteiger partial charge in [0.15, 0.2) is 4.96 Å². The zero-order chi connectivity index (χ0) is 21.4. The Morgan fingerprint density at radius 1 is 1.23 bits per heavy atom. The Bertz CT molecular complexity index is 1090. The molecular weight excluding hydrogens is 419 g/mol. The highest BCUT2D eigenvalue weighted by molar-refractivity contribution is 7.15. The molecule has 1 aromatic carbocycles. The van der Waals surface area contributed by atoms with Gasteiger partial charge in [-0.3, -0.25) is 18.8 Å². The van der Waals surface area contributed by atoms with Crippen LogP contribution in [-0.2, 0) is 27.5 Å². The maximum atomic E-state index is 13.9. The molecule has 5 rings (SSSR count). The number of halogens is 1. The van der Waals surface area contributed by atoms with Crippen molar-refractivity contribution >= 4 is 28.1 Å². The summed E-state index contributed by atoms with van der Waals surface area (Å²) in [6.45, 7) is 1.14. The van der Waals surface area contributed by atoms with Gasteiger partial charge in [0.2, 0.25) is 11.8 Å². The largest absolute Gasteiger partial charge is 0.342 e. The smallest absolute Gasteiger partial charge is 0.246 e. The summed E-state index contributed by atoms with van der Waals surface area (Å²) in [4.78, 5) is 38.3. The molecule has 31 heavy (non-hydrogen) atoms. The van der Waals surface area contributed by atoms with Crippen molar-refractivity contribution in [3.8, 4) is 0 Å². The van der Waals surface area contributed by atoms with Gasteiger partial charge < -0.3 is 4.90 Å². The number of benzene rings is 1. The number of hydrogen-bond acceptors (Lipinski definition) is 5. The number of likely N-dealkylation sites (tertiary alicyclic amines) is 1. The van der Waals surface area contributed by atoms with Crippen LogP contribution in [0.25, 0.3) is 4.96 Å². The molecule has 2 aromatic heterocycles. The average Bonchev–Trinajstić information content (AvgIpc) is 3.43. The number of aromatic nitrogens is 2. The predicted molar refractivity (Wildman–Crippen MR) is 113 cm³/mol. The summed E-state index contributed by atoms with van der Waals surface area (Å²) < 4.78 is 15.9. The van der Waals surface area contributed by atoms with E-state index in [1.54, 1.807) is 18.2 Å². The standard InChI is InChI=1S/C22H23FN4O3S/c23-18-4-2-1-3-16(18)15-30-27-19(28)5-6-22(27)7-9-25(10-8-22)20(29)13-17-14-26-11-12-31-21(26)24-17/h1-4,11-12,14H,5-10,13,15H2. The lowest BCUT2D eigenvalue weighted by Crippen LogP contribution is -2.54. The third-order valence-corrected chi connectivity index (χ3v) is 7.06. The van der Waals surface area contributed by atoms with E-state index >= 15 is 0 Å². The van der Waals surface area contributed by atoms with Crippen molar-refractivity contribution in [1.82, 2.24) is 19.3 Å². The highest BCUT2D eigenvalue weighted by Gasteiger charge is 2.48. The highest BCUT2D eigenvalue weighted by Crippen LogP contribution is 2.39. The molecule has 0 bridgehead atoms. The molecule has 4 heterocycles. The Morgan fingerprint density at radius 2 is 2.03 bits per heavy atom. The van der Waals surface area contributed by atoms with Gasteiger partial charge in [-0.05, 0) is 25.3 Å². The van der Waals surface area contributed by atoms with Crippen LogP contribution in [0.5, 0.6) is 0 Å². The summed E-state index contributed by atoms with van der Waals surface area (Å²) in [5.41, 5.74) is 0.767. The van der Waals surface area contributed by atoms with Gasteiger partial charge in [-0.2, -0.15) is 0 Å². The fourth-order valence-corrected chi connectivity index (χ4v) is 5.24. The van der Waals surface area contributed by atoms with Gasteiger partial charge in [-0.15, -0.1) is 11.3 Å². The van der Waals surface area contributed by atoms with Crippen molar-refractivity contribution in [3.05, 3.63) is 59.1 Å². The van der Waals surface area contributed by atoms with Gasteiger partial charge in [-0.25, -0.2) is 14.4 Å². The van der Waals surface area contributed by atoms with E-state index in [1.807, 2.05) is 27.1 Å². The molecule has 2 saturated heterocycles. The topological polar surface area (TPSA) is 67.2 Å². The first-order valence-corrected chi connectivity index (χ1v) is 11.3. The number of carbonyl (C=O) groups is 2. The number of amides is 2. The van der Waals surface area contributed by atoms with Crippen LogP contribution in [0, 0.1) is 5.82 Å². The molecule has 2 aliphatic rings. The Morgan fingerprint density at radius 3 is 2.81 bits per heavy atom. The monoisotopic (exact) mass is 442 g/mol. The molecule has 2 amide bonds. The Hall–Kier alpha value is -2.78. The minimum atomic E-state index is -0.420. The summed E-state index contributed by atoms with van der Waals surface area (Å²) in [6.07, 6.45) is 6.51. The molecule has 1 spiro atoms. The summed E-state index contributed by atoms with van der Waals surface area (Å²) >= 11 is 1.54. The number of imidazole rings is 1. The van der Waals surface area contributed by atoms with Crippen molar-refractivity contribution in [2.24, 2.45) is 0 Å². The van der Waals surface area contributed by atoms with Crippen LogP contribution >= 0.6 is 11.3 Å². The molecule has 3 aromatic rings. The van der Waals surface area contributed by atoms with E-state index in [4.69, 9.17) is 4.84 Å². The Labute approximate surface area is 183 Å². The van der Waals surface area contributed by atoms with Crippen molar-refractivity contribution < 1.29 is 18.8 Å². The van der Waals surface area contributed by atoms with E-state index in [0.717, 1.165) is 10.7 Å². The minimum Gasteiger partial charge on any atom is -0.342 e. The van der Waals surface area contributed by atoms with E-state index in [1.165, 1.54) is 22.5 Å². The molecule has 0 atom stereocenters. The zero-order valence-electron chi connectivity index (χ0n) is 17.0. The third kappa shape index (κ3) is 3.83. The summed E-state index contributed by atoms with van der Waals surface area (Å²) in [5.74, 6) is -0.374. The first kappa shape index (κ1) is 20.1. The van der Waals surface area contributed by atoms with Gasteiger partial charge in [0.05, 0.1) is 17.7 Å². The highest BCUT2D eigenvalue weighted by atomic mass is 32.1. The lowest BCUT2D eigenvalue weighted by Gasteiger charge is -2.43. The number of hydroxylamine groups is 2. The number of nitrogens with zero attached hydrogens (tertiary/aromatic N) is 4. The quantitative estimate of drug-likeness (QED) is 0.609. The van der Waals surface area contributed by atoms with E-state index in [0.29, 0.717) is 44.3 Å². The van der Waals surface area contributed by atoms with Crippen LogP contribution in [0.1, 0.15) is 36.9 Å². The second-order valence-electron chi connectivity index (χ2n) is 8.16. The molecule has 0 radical (unpaired) electrons. The van der Waals surface area contributed by atoms with Crippen LogP contribution < -0.4 is 0 Å². The Balaban J connectivity index is 1.21. The summed E-state index contributed by atoms with van der Waals surface area (Å²) in [7, 11) is 0. The normalized spacial score (nSPS) is 18.4. The van der Waals surface area contributed by atoms with Crippen molar-refractivity contribution in [2.45, 2.75) is 44.2 Å². The fourth-order valence-electron chi connectivity index (χ4n) is 4.52. The minimum absolute atomic E-state index is 0.0141. The van der Waals surface area contributed by atoms with Gasteiger partial charge in [0.25, 0.3) is 0 Å². The molecular formula is C22H23FN4O3S. The van der Waals surface area contributed by atoms with Gasteiger partial charge in [0, 0.05) is 42.8 Å². The van der Waals surface area contributed by atoms with Crippen LogP contribution in [-0.4, -0.2) is 49.8 Å². The van der Waals surface area contributed by atoms with Crippen LogP contribution in [0.2, 0.25) is 0 Å². The van der Waals surface area contributed by atoms with E-state index in [9.17, 15) is 14.0 Å². The Kier molecular flexibility index (Phi) is 5.23. The SMILES string of the molecule is O=C(Cc1cn2ccsc2n1)N1CCC2(CCC(=O)N2OCc2ccccc2F)CC1. The average molecular weight is 443 g/mol. The van der Waals surface area contributed by atoms with Crippen LogP contribution in [0.3, 0.4) is 0 Å². The lowest BCUT2D eigenvalue weighted by molar-refractivity contribution is -0.222. The number of thiazole rings is 1. The number of hydrogen-bond donors (Lipinski definition) is 0. The molecule has 0 saturated carbocycles. The summed E-state index contributed by atoms with van der Waals surface area (Å²) in [6, 6.07) is 6.41. The fraction of sp³-hybridized carbons (Fsp3) is 0.409. The maximum Gasteiger partial charge on any atom is 0.246 e. The van der Waals surface area contributed by atoms with Crippen LogP contribution in [0.4, 0.5) is 4.39 Å². The summed E-state index contributed by atoms with van der Waals surface area (Å²) in [5, 5.41) is 3.42. The van der Waals surface area contributed by atoms with E-state index in [-0.39, 0.29) is 30.7 Å². The molecule has 0 unspecified atom stereocenters. The van der Waals surface area contributed by atoms with E-state index in [2.05, 4.69) is 4.98 Å². The van der Waals surface area contributed by atoms with Crippen molar-refractivity contribution in [1.29, 1.82) is 0 Å². The maximum absolute atomic E-state index is 13.9. The number of carbonyl (C=O) groups excluding carboxylic acids is 2. The first-order valence-electron chi connectivity index (χ1n) is 10.4. The zero-order valence-corrected chi connectivity index (χ0v) is 17.8. The lowest BCUT2D eigenvalue weighted by atomic mass is 9.86. The van der Waals surface area contributed by atoms with Gasteiger partial charge in [0.1, 0.15) is 12.4 Å². The number of piperidine rings is 1. The van der Waals surface area contributed by atoms with Gasteiger partial charge in [-0.1, -0.05) is 18.2 Å². The first-order chi connectivity index (χ1) is 15.0. The van der Waals surface area contributed by atoms with E-state index < -0.39 is 5.54 Å². The molecule has 0 N–H and O–H groups in total. The number of fused-ring (bicyclic) bond motifs is 1. The number of rotatable bonds is 5. The molecule has 2 fully saturated rings. The second-order valence-corrected chi connectivity index (χ2v) is 9.03. The van der Waals surface area contributed by atoms with Crippen molar-refractivity contribution in [2.75, 3.05) is 13.1 Å². The molecule has 9 heteroatoms. The molecule has 7 nitrogen and oxygen atoms in total. The van der Waals surface area contributed by atoms with Crippen LogP contribution in [0.15, 0.2) is 42.0 Å². The molecule has 2 aliphatic heterocycles. The molecule has 162 valence electrons. The van der Waals surface area contributed by atoms with Crippen molar-refractivity contribution in [3.63, 3.8) is 0 Å². The molecule has 0 aliphatic carbocycles. The predicted octanol–water partition coefficient (Wildman–Crippen LogP) is 3.19. The second kappa shape index (κ2) is 8.05.